The van der Waals surface area contributed by atoms with E-state index in [0.717, 1.165) is 4.47 Å². The first-order valence-corrected chi connectivity index (χ1v) is 7.71. The summed E-state index contributed by atoms with van der Waals surface area (Å²) < 4.78 is 27.1. The number of nitrogens with zero attached hydrogens (tertiary/aromatic N) is 1. The fraction of sp³-hybridized carbons (Fsp3) is 0.333. The highest BCUT2D eigenvalue weighted by molar-refractivity contribution is 9.10. The molecule has 0 aliphatic heterocycles. The van der Waals surface area contributed by atoms with E-state index in [2.05, 4.69) is 22.5 Å². The van der Waals surface area contributed by atoms with Crippen molar-refractivity contribution in [3.8, 4) is 0 Å². The number of sulfonamides is 1. The van der Waals surface area contributed by atoms with Crippen LogP contribution in [-0.4, -0.2) is 25.3 Å². The molecule has 0 radical (unpaired) electrons. The topological polar surface area (TPSA) is 63.4 Å². The van der Waals surface area contributed by atoms with Crippen molar-refractivity contribution in [2.45, 2.75) is 24.8 Å². The van der Waals surface area contributed by atoms with Crippen LogP contribution in [0, 0.1) is 0 Å². The second-order valence-electron chi connectivity index (χ2n) is 4.14. The average Bonchev–Trinajstić information content (AvgIpc) is 2.24. The van der Waals surface area contributed by atoms with Gasteiger partial charge in [0.15, 0.2) is 0 Å². The summed E-state index contributed by atoms with van der Waals surface area (Å²) in [6.07, 6.45) is 1.56. The molecule has 2 N–H and O–H groups in total. The molecule has 6 heteroatoms. The number of anilines is 1. The lowest BCUT2D eigenvalue weighted by atomic mass is 10.3. The quantitative estimate of drug-likeness (QED) is 0.665. The van der Waals surface area contributed by atoms with Gasteiger partial charge in [-0.3, -0.25) is 0 Å². The predicted molar refractivity (Wildman–Crippen MR) is 77.8 cm³/mol. The fourth-order valence-electron chi connectivity index (χ4n) is 1.59. The molecule has 0 aliphatic carbocycles. The molecular weight excluding hydrogens is 316 g/mol. The van der Waals surface area contributed by atoms with Gasteiger partial charge in [0.05, 0.1) is 5.69 Å². The molecule has 1 aromatic rings. The van der Waals surface area contributed by atoms with Crippen molar-refractivity contribution in [1.82, 2.24) is 4.31 Å². The molecule has 0 bridgehead atoms. The van der Waals surface area contributed by atoms with Gasteiger partial charge in [0, 0.05) is 17.1 Å². The van der Waals surface area contributed by atoms with Crippen molar-refractivity contribution in [1.29, 1.82) is 0 Å². The van der Waals surface area contributed by atoms with Crippen LogP contribution in [0.15, 0.2) is 40.2 Å². The van der Waals surface area contributed by atoms with Crippen molar-refractivity contribution in [3.05, 3.63) is 35.3 Å². The Morgan fingerprint density at radius 3 is 2.56 bits per heavy atom. The largest absolute Gasteiger partial charge is 0.398 e. The Balaban J connectivity index is 3.30. The molecule has 0 unspecified atom stereocenters. The van der Waals surface area contributed by atoms with Gasteiger partial charge in [-0.05, 0) is 32.0 Å². The minimum Gasteiger partial charge on any atom is -0.398 e. The molecule has 100 valence electrons. The molecule has 0 saturated heterocycles. The minimum absolute atomic E-state index is 0.126. The molecule has 0 saturated carbocycles. The second kappa shape index (κ2) is 5.86. The monoisotopic (exact) mass is 332 g/mol. The summed E-state index contributed by atoms with van der Waals surface area (Å²) in [6.45, 7) is 7.47. The van der Waals surface area contributed by atoms with Crippen molar-refractivity contribution in [2.24, 2.45) is 0 Å². The van der Waals surface area contributed by atoms with Crippen LogP contribution in [-0.2, 0) is 10.0 Å². The van der Waals surface area contributed by atoms with E-state index in [1.54, 1.807) is 18.2 Å². The summed E-state index contributed by atoms with van der Waals surface area (Å²) >= 11 is 3.26. The Morgan fingerprint density at radius 1 is 1.50 bits per heavy atom. The van der Waals surface area contributed by atoms with Crippen LogP contribution in [0.2, 0.25) is 0 Å². The molecule has 18 heavy (non-hydrogen) atoms. The Hall–Kier alpha value is -0.850. The van der Waals surface area contributed by atoms with Crippen LogP contribution in [0.3, 0.4) is 0 Å². The van der Waals surface area contributed by atoms with Gasteiger partial charge in [-0.2, -0.15) is 4.31 Å². The van der Waals surface area contributed by atoms with E-state index in [1.165, 1.54) is 10.4 Å². The Labute approximate surface area is 117 Å². The maximum absolute atomic E-state index is 12.5. The smallest absolute Gasteiger partial charge is 0.245 e. The standard InChI is InChI=1S/C12H17BrN2O2S/c1-4-7-15(9(2)3)18(16,17)12-6-5-10(13)8-11(12)14/h4-6,8-9H,1,7,14H2,2-3H3. The lowest BCUT2D eigenvalue weighted by Gasteiger charge is -2.25. The number of halogens is 1. The zero-order valence-corrected chi connectivity index (χ0v) is 12.8. The van der Waals surface area contributed by atoms with Gasteiger partial charge in [-0.1, -0.05) is 22.0 Å². The lowest BCUT2D eigenvalue weighted by molar-refractivity contribution is 0.383. The predicted octanol–water partition coefficient (Wildman–Crippen LogP) is 2.62. The Morgan fingerprint density at radius 2 is 2.11 bits per heavy atom. The van der Waals surface area contributed by atoms with Crippen molar-refractivity contribution in [2.75, 3.05) is 12.3 Å². The van der Waals surface area contributed by atoms with E-state index in [1.807, 2.05) is 13.8 Å². The maximum Gasteiger partial charge on any atom is 0.245 e. The summed E-state index contributed by atoms with van der Waals surface area (Å²) in [7, 11) is -3.59. The SMILES string of the molecule is C=CCN(C(C)C)S(=O)(=O)c1ccc(Br)cc1N. The molecule has 0 amide bonds. The van der Waals surface area contributed by atoms with Crippen molar-refractivity contribution >= 4 is 31.6 Å². The zero-order chi connectivity index (χ0) is 13.9. The van der Waals surface area contributed by atoms with E-state index in [0.29, 0.717) is 0 Å². The van der Waals surface area contributed by atoms with Gasteiger partial charge in [0.25, 0.3) is 0 Å². The third-order valence-electron chi connectivity index (χ3n) is 2.44. The van der Waals surface area contributed by atoms with Crippen molar-refractivity contribution < 1.29 is 8.42 Å². The van der Waals surface area contributed by atoms with Gasteiger partial charge in [-0.15, -0.1) is 6.58 Å². The highest BCUT2D eigenvalue weighted by atomic mass is 79.9. The van der Waals surface area contributed by atoms with E-state index in [9.17, 15) is 8.42 Å². The molecule has 0 aliphatic rings. The Kier molecular flexibility index (Phi) is 4.95. The maximum atomic E-state index is 12.5. The number of hydrogen-bond acceptors (Lipinski definition) is 3. The molecule has 1 aromatic carbocycles. The number of benzene rings is 1. The Bertz CT molecular complexity index is 541. The second-order valence-corrected chi connectivity index (χ2v) is 6.91. The lowest BCUT2D eigenvalue weighted by Crippen LogP contribution is -2.37. The van der Waals surface area contributed by atoms with Crippen molar-refractivity contribution in [3.63, 3.8) is 0 Å². The normalized spacial score (nSPS) is 12.1. The third kappa shape index (κ3) is 3.13. The highest BCUT2D eigenvalue weighted by Crippen LogP contribution is 2.26. The first kappa shape index (κ1) is 15.2. The summed E-state index contributed by atoms with van der Waals surface area (Å²) in [5.74, 6) is 0. The highest BCUT2D eigenvalue weighted by Gasteiger charge is 2.27. The van der Waals surface area contributed by atoms with E-state index < -0.39 is 10.0 Å². The molecule has 0 aromatic heterocycles. The zero-order valence-electron chi connectivity index (χ0n) is 10.4. The van der Waals surface area contributed by atoms with E-state index >= 15 is 0 Å². The van der Waals surface area contributed by atoms with Crippen LogP contribution in [0.25, 0.3) is 0 Å². The summed E-state index contributed by atoms with van der Waals surface area (Å²) in [5, 5.41) is 0. The van der Waals surface area contributed by atoms with E-state index in [-0.39, 0.29) is 23.2 Å². The molecule has 0 fully saturated rings. The van der Waals surface area contributed by atoms with Gasteiger partial charge >= 0.3 is 0 Å². The van der Waals surface area contributed by atoms with Crippen LogP contribution in [0.1, 0.15) is 13.8 Å². The number of nitrogen functional groups attached to an aromatic ring is 1. The first-order chi connectivity index (χ1) is 8.30. The van der Waals surface area contributed by atoms with Gasteiger partial charge in [0.1, 0.15) is 4.90 Å². The molecule has 0 heterocycles. The van der Waals surface area contributed by atoms with Gasteiger partial charge in [0.2, 0.25) is 10.0 Å². The van der Waals surface area contributed by atoms with Crippen LogP contribution in [0.4, 0.5) is 5.69 Å². The molecular formula is C12H17BrN2O2S. The fourth-order valence-corrected chi connectivity index (χ4v) is 3.68. The minimum atomic E-state index is -3.59. The third-order valence-corrected chi connectivity index (χ3v) is 5.05. The van der Waals surface area contributed by atoms with Crippen LogP contribution in [0.5, 0.6) is 0 Å². The molecule has 1 rings (SSSR count). The van der Waals surface area contributed by atoms with Gasteiger partial charge in [-0.25, -0.2) is 8.42 Å². The molecule has 0 spiro atoms. The molecule has 4 nitrogen and oxygen atoms in total. The molecule has 0 atom stereocenters. The van der Waals surface area contributed by atoms with Gasteiger partial charge < -0.3 is 5.73 Å². The number of nitrogens with two attached hydrogens (primary N) is 1. The summed E-state index contributed by atoms with van der Waals surface area (Å²) in [5.41, 5.74) is 6.02. The van der Waals surface area contributed by atoms with Crippen LogP contribution < -0.4 is 5.73 Å². The summed E-state index contributed by atoms with van der Waals surface area (Å²) in [4.78, 5) is 0.126. The van der Waals surface area contributed by atoms with E-state index in [4.69, 9.17) is 5.73 Å². The number of rotatable bonds is 5. The first-order valence-electron chi connectivity index (χ1n) is 5.48. The van der Waals surface area contributed by atoms with Crippen LogP contribution >= 0.6 is 15.9 Å². The summed E-state index contributed by atoms with van der Waals surface area (Å²) in [6, 6.07) is 4.60. The number of hydrogen-bond donors (Lipinski definition) is 1. The average molecular weight is 333 g/mol.